The Balaban J connectivity index is 2.45. The summed E-state index contributed by atoms with van der Waals surface area (Å²) in [6.07, 6.45) is -2.56. The second-order valence-corrected chi connectivity index (χ2v) is 3.73. The summed E-state index contributed by atoms with van der Waals surface area (Å²) in [4.78, 5) is 12.7. The van der Waals surface area contributed by atoms with Gasteiger partial charge in [-0.15, -0.1) is 0 Å². The zero-order chi connectivity index (χ0) is 13.5. The first-order chi connectivity index (χ1) is 8.51. The van der Waals surface area contributed by atoms with E-state index in [1.54, 1.807) is 6.92 Å². The number of nitrogens with one attached hydrogen (secondary N) is 1. The summed E-state index contributed by atoms with van der Waals surface area (Å²) in [7, 11) is 0. The molecule has 1 aromatic rings. The van der Waals surface area contributed by atoms with E-state index in [1.807, 2.05) is 0 Å². The molecule has 1 aromatic heterocycles. The molecule has 0 aliphatic carbocycles. The van der Waals surface area contributed by atoms with E-state index in [9.17, 15) is 13.6 Å². The van der Waals surface area contributed by atoms with Gasteiger partial charge in [0.05, 0.1) is 25.4 Å². The van der Waals surface area contributed by atoms with Gasteiger partial charge in [-0.2, -0.15) is 0 Å². The van der Waals surface area contributed by atoms with Crippen molar-refractivity contribution in [1.82, 2.24) is 10.1 Å². The number of hydrogen-bond donors (Lipinski definition) is 2. The average Bonchev–Trinajstić information content (AvgIpc) is 2.62. The highest BCUT2D eigenvalue weighted by molar-refractivity contribution is 5.90. The molecule has 0 saturated carbocycles. The molecule has 1 amide bonds. The first-order valence-corrected chi connectivity index (χ1v) is 5.35. The molecule has 0 radical (unpaired) electrons. The molecule has 6 nitrogen and oxygen atoms in total. The maximum absolute atomic E-state index is 12.2. The van der Waals surface area contributed by atoms with E-state index < -0.39 is 18.9 Å². The van der Waals surface area contributed by atoms with Gasteiger partial charge in [-0.05, 0) is 6.92 Å². The zero-order valence-corrected chi connectivity index (χ0v) is 9.90. The number of alkyl halides is 2. The predicted octanol–water partition coefficient (Wildman–Crippen LogP) is 0.481. The molecule has 0 aliphatic heterocycles. The van der Waals surface area contributed by atoms with Crippen LogP contribution < -0.4 is 5.32 Å². The molecule has 102 valence electrons. The van der Waals surface area contributed by atoms with Gasteiger partial charge in [0, 0.05) is 12.6 Å². The Kier molecular flexibility index (Phi) is 5.66. The number of aliphatic hydroxyl groups is 1. The minimum Gasteiger partial charge on any atom is -0.395 e. The van der Waals surface area contributed by atoms with Crippen molar-refractivity contribution < 1.29 is 23.2 Å². The van der Waals surface area contributed by atoms with Crippen LogP contribution in [0.3, 0.4) is 0 Å². The summed E-state index contributed by atoms with van der Waals surface area (Å²) in [6.45, 7) is 0.594. The lowest BCUT2D eigenvalue weighted by Gasteiger charge is -2.19. The Hall–Kier alpha value is -1.54. The van der Waals surface area contributed by atoms with Crippen LogP contribution in [0, 0.1) is 6.92 Å². The molecule has 1 rings (SSSR count). The number of carbonyl (C=O) groups excluding carboxylic acids is 1. The Morgan fingerprint density at radius 1 is 1.67 bits per heavy atom. The summed E-state index contributed by atoms with van der Waals surface area (Å²) >= 11 is 0. The fourth-order valence-corrected chi connectivity index (χ4v) is 1.37. The van der Waals surface area contributed by atoms with E-state index >= 15 is 0 Å². The normalized spacial score (nSPS) is 11.2. The van der Waals surface area contributed by atoms with Crippen LogP contribution in [0.2, 0.25) is 0 Å². The van der Waals surface area contributed by atoms with Crippen LogP contribution >= 0.6 is 0 Å². The fraction of sp³-hybridized carbons (Fsp3) is 0.600. The van der Waals surface area contributed by atoms with E-state index in [0.29, 0.717) is 5.69 Å². The zero-order valence-electron chi connectivity index (χ0n) is 9.90. The number of hydrogen-bond acceptors (Lipinski definition) is 5. The second kappa shape index (κ2) is 7.02. The first kappa shape index (κ1) is 14.5. The number of rotatable bonds is 7. The number of aliphatic hydroxyl groups excluding tert-OH is 1. The van der Waals surface area contributed by atoms with Crippen LogP contribution in [0.25, 0.3) is 0 Å². The lowest BCUT2D eigenvalue weighted by atomic mass is 10.4. The molecule has 0 aromatic carbocycles. The molecule has 18 heavy (non-hydrogen) atoms. The minimum atomic E-state index is -2.56. The first-order valence-electron chi connectivity index (χ1n) is 5.35. The van der Waals surface area contributed by atoms with Crippen molar-refractivity contribution in [1.29, 1.82) is 0 Å². The van der Waals surface area contributed by atoms with Gasteiger partial charge in [0.25, 0.3) is 6.43 Å². The topological polar surface area (TPSA) is 78.6 Å². The summed E-state index contributed by atoms with van der Waals surface area (Å²) in [5, 5.41) is 14.7. The van der Waals surface area contributed by atoms with Gasteiger partial charge >= 0.3 is 0 Å². The molecular weight excluding hydrogens is 248 g/mol. The third kappa shape index (κ3) is 5.19. The van der Waals surface area contributed by atoms with Gasteiger partial charge in [0.1, 0.15) is 0 Å². The molecule has 8 heteroatoms. The van der Waals surface area contributed by atoms with Crippen molar-refractivity contribution in [3.63, 3.8) is 0 Å². The SMILES string of the molecule is Cc1cc(NC(=O)CN(CCO)CC(F)F)on1. The lowest BCUT2D eigenvalue weighted by molar-refractivity contribution is -0.117. The summed E-state index contributed by atoms with van der Waals surface area (Å²) in [5.41, 5.74) is 0.602. The summed E-state index contributed by atoms with van der Waals surface area (Å²) in [5.74, 6) is -0.334. The highest BCUT2D eigenvalue weighted by Crippen LogP contribution is 2.08. The Morgan fingerprint density at radius 2 is 2.39 bits per heavy atom. The molecule has 1 heterocycles. The molecular formula is C10H15F2N3O3. The van der Waals surface area contributed by atoms with Crippen molar-refractivity contribution >= 4 is 11.8 Å². The molecule has 0 spiro atoms. The van der Waals surface area contributed by atoms with Gasteiger partial charge in [-0.3, -0.25) is 15.0 Å². The number of carbonyl (C=O) groups is 1. The third-order valence-electron chi connectivity index (χ3n) is 2.07. The van der Waals surface area contributed by atoms with Crippen LogP contribution in [0.5, 0.6) is 0 Å². The van der Waals surface area contributed by atoms with Crippen molar-refractivity contribution in [2.24, 2.45) is 0 Å². The molecule has 0 aliphatic rings. The Bertz CT molecular complexity index is 384. The minimum absolute atomic E-state index is 0.00714. The molecule has 0 bridgehead atoms. The van der Waals surface area contributed by atoms with Crippen LogP contribution in [0.1, 0.15) is 5.69 Å². The standard InChI is InChI=1S/C10H15F2N3O3/c1-7-4-10(18-14-7)13-9(17)6-15(2-3-16)5-8(11)12/h4,8,16H,2-3,5-6H2,1H3,(H,13,17). The van der Waals surface area contributed by atoms with Crippen molar-refractivity contribution in [2.75, 3.05) is 31.6 Å². The molecule has 2 N–H and O–H groups in total. The third-order valence-corrected chi connectivity index (χ3v) is 2.07. The van der Waals surface area contributed by atoms with Gasteiger partial charge in [0.2, 0.25) is 11.8 Å². The van der Waals surface area contributed by atoms with E-state index in [1.165, 1.54) is 6.07 Å². The van der Waals surface area contributed by atoms with Gasteiger partial charge < -0.3 is 9.63 Å². The predicted molar refractivity (Wildman–Crippen MR) is 59.4 cm³/mol. The number of aromatic nitrogens is 1. The quantitative estimate of drug-likeness (QED) is 0.748. The van der Waals surface area contributed by atoms with Crippen molar-refractivity contribution in [2.45, 2.75) is 13.3 Å². The Morgan fingerprint density at radius 3 is 2.89 bits per heavy atom. The highest BCUT2D eigenvalue weighted by atomic mass is 19.3. The van der Waals surface area contributed by atoms with Crippen LogP contribution in [0.4, 0.5) is 14.7 Å². The van der Waals surface area contributed by atoms with Crippen molar-refractivity contribution in [3.8, 4) is 0 Å². The van der Waals surface area contributed by atoms with E-state index in [4.69, 9.17) is 9.63 Å². The summed E-state index contributed by atoms with van der Waals surface area (Å²) < 4.78 is 29.2. The van der Waals surface area contributed by atoms with Crippen LogP contribution in [0.15, 0.2) is 10.6 Å². The molecule has 0 atom stereocenters. The van der Waals surface area contributed by atoms with Crippen LogP contribution in [-0.2, 0) is 4.79 Å². The number of halogens is 2. The Labute approximate surface area is 103 Å². The number of nitrogens with zero attached hydrogens (tertiary/aromatic N) is 2. The van der Waals surface area contributed by atoms with Gasteiger partial charge in [-0.1, -0.05) is 5.16 Å². The summed E-state index contributed by atoms with van der Waals surface area (Å²) in [6, 6.07) is 1.52. The molecule has 0 fully saturated rings. The molecule has 0 unspecified atom stereocenters. The highest BCUT2D eigenvalue weighted by Gasteiger charge is 2.16. The second-order valence-electron chi connectivity index (χ2n) is 3.73. The van der Waals surface area contributed by atoms with Gasteiger partial charge in [0.15, 0.2) is 0 Å². The van der Waals surface area contributed by atoms with Crippen molar-refractivity contribution in [3.05, 3.63) is 11.8 Å². The van der Waals surface area contributed by atoms with E-state index in [2.05, 4.69) is 10.5 Å². The molecule has 0 saturated heterocycles. The number of aryl methyl sites for hydroxylation is 1. The fourth-order valence-electron chi connectivity index (χ4n) is 1.37. The number of anilines is 1. The number of amides is 1. The van der Waals surface area contributed by atoms with Crippen LogP contribution in [-0.4, -0.2) is 53.7 Å². The van der Waals surface area contributed by atoms with Gasteiger partial charge in [-0.25, -0.2) is 8.78 Å². The monoisotopic (exact) mass is 263 g/mol. The smallest absolute Gasteiger partial charge is 0.251 e. The maximum Gasteiger partial charge on any atom is 0.251 e. The van der Waals surface area contributed by atoms with E-state index in [0.717, 1.165) is 4.90 Å². The average molecular weight is 263 g/mol. The largest absolute Gasteiger partial charge is 0.395 e. The van der Waals surface area contributed by atoms with E-state index in [-0.39, 0.29) is 25.6 Å². The maximum atomic E-state index is 12.2. The lowest BCUT2D eigenvalue weighted by Crippen LogP contribution is -2.38.